The molecule has 106 valence electrons. The van der Waals surface area contributed by atoms with E-state index in [9.17, 15) is 4.39 Å². The zero-order valence-corrected chi connectivity index (χ0v) is 12.7. The number of hydrogen-bond acceptors (Lipinski definition) is 6. The Hall–Kier alpha value is -1.93. The number of nitrogens with zero attached hydrogens (tertiary/aromatic N) is 5. The summed E-state index contributed by atoms with van der Waals surface area (Å²) in [6.07, 6.45) is 1.52. The lowest BCUT2D eigenvalue weighted by Gasteiger charge is -2.22. The zero-order valence-electron chi connectivity index (χ0n) is 10.3. The topological polar surface area (TPSA) is 88.3 Å². The Morgan fingerprint density at radius 3 is 2.62 bits per heavy atom. The highest BCUT2D eigenvalue weighted by molar-refractivity contribution is 9.10. The van der Waals surface area contributed by atoms with E-state index in [1.54, 1.807) is 12.1 Å². The Kier molecular flexibility index (Phi) is 3.42. The van der Waals surface area contributed by atoms with Crippen molar-refractivity contribution in [2.75, 3.05) is 5.73 Å². The lowest BCUT2D eigenvalue weighted by molar-refractivity contribution is 0.510. The van der Waals surface area contributed by atoms with E-state index in [0.717, 1.165) is 0 Å². The average Bonchev–Trinajstić information content (AvgIpc) is 2.95. The number of pyridine rings is 1. The molecule has 1 aliphatic rings. The van der Waals surface area contributed by atoms with Gasteiger partial charge in [-0.1, -0.05) is 23.7 Å². The van der Waals surface area contributed by atoms with Gasteiger partial charge in [-0.05, 0) is 38.5 Å². The lowest BCUT2D eigenvalue weighted by Crippen LogP contribution is -2.24. The van der Waals surface area contributed by atoms with E-state index in [2.05, 4.69) is 41.6 Å². The molecule has 1 aromatic carbocycles. The van der Waals surface area contributed by atoms with Gasteiger partial charge in [0.05, 0.1) is 10.6 Å². The minimum Gasteiger partial charge on any atom is -0.383 e. The van der Waals surface area contributed by atoms with E-state index in [1.807, 2.05) is 0 Å². The smallest absolute Gasteiger partial charge is 0.251 e. The molecule has 0 radical (unpaired) electrons. The fourth-order valence-corrected chi connectivity index (χ4v) is 2.56. The summed E-state index contributed by atoms with van der Waals surface area (Å²) in [7, 11) is 0. The van der Waals surface area contributed by atoms with E-state index in [-0.39, 0.29) is 16.4 Å². The quantitative estimate of drug-likeness (QED) is 0.857. The molecule has 21 heavy (non-hydrogen) atoms. The van der Waals surface area contributed by atoms with Gasteiger partial charge in [-0.3, -0.25) is 0 Å². The van der Waals surface area contributed by atoms with Crippen molar-refractivity contribution >= 4 is 33.3 Å². The number of hydrogen-bond donors (Lipinski definition) is 1. The van der Waals surface area contributed by atoms with E-state index in [1.165, 1.54) is 18.3 Å². The number of anilines is 1. The van der Waals surface area contributed by atoms with Crippen molar-refractivity contribution in [3.05, 3.63) is 56.9 Å². The maximum atomic E-state index is 14.4. The first-order valence-electron chi connectivity index (χ1n) is 5.74. The van der Waals surface area contributed by atoms with E-state index in [4.69, 9.17) is 17.3 Å². The maximum absolute atomic E-state index is 14.4. The molecule has 0 saturated carbocycles. The van der Waals surface area contributed by atoms with Crippen LogP contribution in [0.15, 0.2) is 55.6 Å². The summed E-state index contributed by atoms with van der Waals surface area (Å²) in [4.78, 5) is 4.02. The highest BCUT2D eigenvalue weighted by atomic mass is 79.9. The Balaban J connectivity index is 2.32. The summed E-state index contributed by atoms with van der Waals surface area (Å²) in [6, 6.07) is 6.17. The van der Waals surface area contributed by atoms with Crippen molar-refractivity contribution in [1.29, 1.82) is 0 Å². The lowest BCUT2D eigenvalue weighted by atomic mass is 9.92. The first-order chi connectivity index (χ1) is 10.0. The molecular weight excluding hydrogens is 363 g/mol. The SMILES string of the molecule is Nc1ncc(Br)cc1C1(c2cccc(Cl)c2F)N=NN=N1. The Labute approximate surface area is 132 Å². The van der Waals surface area contributed by atoms with Crippen LogP contribution in [0.2, 0.25) is 5.02 Å². The zero-order chi connectivity index (χ0) is 15.0. The van der Waals surface area contributed by atoms with Gasteiger partial charge in [0, 0.05) is 16.2 Å². The summed E-state index contributed by atoms with van der Waals surface area (Å²) in [5.41, 5.74) is 4.84. The highest BCUT2D eigenvalue weighted by Gasteiger charge is 2.42. The molecule has 9 heteroatoms. The van der Waals surface area contributed by atoms with Crippen LogP contribution in [0.4, 0.5) is 10.2 Å². The molecule has 2 heterocycles. The van der Waals surface area contributed by atoms with Crippen LogP contribution in [0.25, 0.3) is 0 Å². The van der Waals surface area contributed by atoms with Gasteiger partial charge in [0.15, 0.2) is 0 Å². The molecule has 0 unspecified atom stereocenters. The van der Waals surface area contributed by atoms with Gasteiger partial charge in [0.2, 0.25) is 0 Å². The van der Waals surface area contributed by atoms with Gasteiger partial charge in [0.1, 0.15) is 11.6 Å². The molecule has 1 aromatic heterocycles. The third-order valence-electron chi connectivity index (χ3n) is 3.01. The molecule has 2 N–H and O–H groups in total. The van der Waals surface area contributed by atoms with Gasteiger partial charge >= 0.3 is 0 Å². The Bertz CT molecular complexity index is 762. The second-order valence-corrected chi connectivity index (χ2v) is 5.56. The van der Waals surface area contributed by atoms with Gasteiger partial charge in [-0.25, -0.2) is 9.37 Å². The molecule has 0 atom stereocenters. The third-order valence-corrected chi connectivity index (χ3v) is 3.73. The summed E-state index contributed by atoms with van der Waals surface area (Å²) in [6.45, 7) is 0. The molecule has 0 fully saturated rings. The number of rotatable bonds is 2. The number of halogens is 3. The highest BCUT2D eigenvalue weighted by Crippen LogP contribution is 2.43. The van der Waals surface area contributed by atoms with Crippen LogP contribution in [0.5, 0.6) is 0 Å². The fraction of sp³-hybridized carbons (Fsp3) is 0.0833. The third kappa shape index (κ3) is 2.20. The van der Waals surface area contributed by atoms with Crippen LogP contribution in [-0.2, 0) is 5.66 Å². The van der Waals surface area contributed by atoms with Crippen LogP contribution in [0, 0.1) is 5.82 Å². The largest absolute Gasteiger partial charge is 0.383 e. The van der Waals surface area contributed by atoms with Crippen molar-refractivity contribution in [1.82, 2.24) is 4.98 Å². The first-order valence-corrected chi connectivity index (χ1v) is 6.92. The molecule has 2 aromatic rings. The molecule has 0 saturated heterocycles. The molecule has 1 aliphatic heterocycles. The van der Waals surface area contributed by atoms with Crippen molar-refractivity contribution in [3.63, 3.8) is 0 Å². The molecule has 3 rings (SSSR count). The van der Waals surface area contributed by atoms with E-state index < -0.39 is 11.5 Å². The summed E-state index contributed by atoms with van der Waals surface area (Å²) in [5.74, 6) is -0.504. The number of nitrogen functional groups attached to an aromatic ring is 1. The number of nitrogens with two attached hydrogens (primary N) is 1. The fourth-order valence-electron chi connectivity index (χ4n) is 2.05. The molecule has 0 amide bonds. The average molecular weight is 370 g/mol. The van der Waals surface area contributed by atoms with E-state index in [0.29, 0.717) is 10.0 Å². The minimum atomic E-state index is -1.52. The van der Waals surface area contributed by atoms with Crippen LogP contribution in [-0.4, -0.2) is 4.98 Å². The van der Waals surface area contributed by atoms with Crippen LogP contribution >= 0.6 is 27.5 Å². The van der Waals surface area contributed by atoms with Gasteiger partial charge in [-0.2, -0.15) is 0 Å². The van der Waals surface area contributed by atoms with Crippen molar-refractivity contribution in [3.8, 4) is 0 Å². The van der Waals surface area contributed by atoms with E-state index >= 15 is 0 Å². The van der Waals surface area contributed by atoms with Gasteiger partial charge in [0.25, 0.3) is 5.66 Å². The monoisotopic (exact) mass is 368 g/mol. The van der Waals surface area contributed by atoms with Crippen LogP contribution in [0.3, 0.4) is 0 Å². The second kappa shape index (κ2) is 5.12. The molecule has 6 nitrogen and oxygen atoms in total. The van der Waals surface area contributed by atoms with Gasteiger partial charge in [-0.15, -0.1) is 10.2 Å². The van der Waals surface area contributed by atoms with Crippen LogP contribution < -0.4 is 5.73 Å². The predicted molar refractivity (Wildman–Crippen MR) is 78.3 cm³/mol. The number of benzene rings is 1. The van der Waals surface area contributed by atoms with Crippen LogP contribution in [0.1, 0.15) is 11.1 Å². The molecule has 0 spiro atoms. The minimum absolute atomic E-state index is 0.0503. The summed E-state index contributed by atoms with van der Waals surface area (Å²) < 4.78 is 15.1. The van der Waals surface area contributed by atoms with Gasteiger partial charge < -0.3 is 5.73 Å². The summed E-state index contributed by atoms with van der Waals surface area (Å²) >= 11 is 9.13. The molecule has 0 aliphatic carbocycles. The standard InChI is InChI=1S/C12H7BrClFN6/c13-6-4-8(11(16)17-5-6)12(18-20-21-19-12)7-2-1-3-9(14)10(7)15/h1-5H,(H2,16,17). The predicted octanol–water partition coefficient (Wildman–Crippen LogP) is 4.25. The van der Waals surface area contributed by atoms with Crippen molar-refractivity contribution in [2.45, 2.75) is 5.66 Å². The summed E-state index contributed by atoms with van der Waals surface area (Å²) in [5, 5.41) is 14.9. The molecular formula is C12H7BrClFN6. The van der Waals surface area contributed by atoms with Crippen molar-refractivity contribution < 1.29 is 4.39 Å². The second-order valence-electron chi connectivity index (χ2n) is 4.24. The Morgan fingerprint density at radius 2 is 1.90 bits per heavy atom. The van der Waals surface area contributed by atoms with Crippen molar-refractivity contribution in [2.24, 2.45) is 20.7 Å². The maximum Gasteiger partial charge on any atom is 0.251 e. The first kappa shape index (κ1) is 14.0. The normalized spacial score (nSPS) is 15.6. The number of aromatic nitrogens is 1. The molecule has 0 bridgehead atoms. The Morgan fingerprint density at radius 1 is 1.19 bits per heavy atom.